The van der Waals surface area contributed by atoms with Gasteiger partial charge >= 0.3 is 0 Å². The lowest BCUT2D eigenvalue weighted by Gasteiger charge is -2.16. The highest BCUT2D eigenvalue weighted by Crippen LogP contribution is 2.22. The van der Waals surface area contributed by atoms with E-state index in [1.807, 2.05) is 35.2 Å². The van der Waals surface area contributed by atoms with Crippen LogP contribution in [0.2, 0.25) is 0 Å². The molecule has 3 rings (SSSR count). The smallest absolute Gasteiger partial charge is 0.253 e. The summed E-state index contributed by atoms with van der Waals surface area (Å²) in [6.45, 7) is 3.46. The van der Waals surface area contributed by atoms with Gasteiger partial charge < -0.3 is 9.42 Å². The van der Waals surface area contributed by atoms with Gasteiger partial charge in [0.2, 0.25) is 5.89 Å². The number of nitrogens with zero attached hydrogens (tertiary/aromatic N) is 3. The predicted octanol–water partition coefficient (Wildman–Crippen LogP) is 2.47. The number of carbonyl (C=O) groups is 1. The van der Waals surface area contributed by atoms with E-state index in [0.717, 1.165) is 43.7 Å². The molecule has 0 spiro atoms. The normalized spacial score (nSPS) is 18.1. The second-order valence-electron chi connectivity index (χ2n) is 5.54. The number of hydrogen-bond donors (Lipinski definition) is 0. The molecule has 1 aliphatic rings. The van der Waals surface area contributed by atoms with Crippen LogP contribution in [0.4, 0.5) is 0 Å². The highest BCUT2D eigenvalue weighted by Gasteiger charge is 2.26. The first-order chi connectivity index (χ1) is 10.2. The summed E-state index contributed by atoms with van der Waals surface area (Å²) in [6.07, 6.45) is 2.86. The van der Waals surface area contributed by atoms with Crippen molar-refractivity contribution >= 4 is 5.91 Å². The summed E-state index contributed by atoms with van der Waals surface area (Å²) in [5.74, 6) is 2.03. The average Bonchev–Trinajstić information content (AvgIpc) is 3.14. The fourth-order valence-corrected chi connectivity index (χ4v) is 2.79. The molecule has 1 aromatic carbocycles. The van der Waals surface area contributed by atoms with Crippen molar-refractivity contribution in [2.75, 3.05) is 13.1 Å². The van der Waals surface area contributed by atoms with E-state index >= 15 is 0 Å². The van der Waals surface area contributed by atoms with Crippen molar-refractivity contribution in [3.05, 3.63) is 47.6 Å². The van der Waals surface area contributed by atoms with E-state index in [9.17, 15) is 4.79 Å². The minimum Gasteiger partial charge on any atom is -0.340 e. The van der Waals surface area contributed by atoms with Crippen molar-refractivity contribution in [1.82, 2.24) is 15.0 Å². The van der Waals surface area contributed by atoms with Crippen LogP contribution in [0.3, 0.4) is 0 Å². The Morgan fingerprint density at radius 1 is 1.38 bits per heavy atom. The van der Waals surface area contributed by atoms with E-state index in [1.165, 1.54) is 0 Å². The molecule has 1 fully saturated rings. The van der Waals surface area contributed by atoms with Gasteiger partial charge in [0.25, 0.3) is 5.91 Å². The van der Waals surface area contributed by atoms with Crippen LogP contribution < -0.4 is 0 Å². The Morgan fingerprint density at radius 3 is 2.90 bits per heavy atom. The topological polar surface area (TPSA) is 59.2 Å². The number of hydrogen-bond acceptors (Lipinski definition) is 4. The van der Waals surface area contributed by atoms with Crippen molar-refractivity contribution in [2.24, 2.45) is 5.92 Å². The molecule has 1 amide bonds. The van der Waals surface area contributed by atoms with Gasteiger partial charge in [0.05, 0.1) is 0 Å². The number of aromatic nitrogens is 2. The maximum absolute atomic E-state index is 12.4. The van der Waals surface area contributed by atoms with Crippen molar-refractivity contribution < 1.29 is 9.32 Å². The molecular formula is C16H19N3O2. The van der Waals surface area contributed by atoms with Gasteiger partial charge in [-0.25, -0.2) is 0 Å². The number of amides is 1. The third-order valence-electron chi connectivity index (χ3n) is 3.94. The van der Waals surface area contributed by atoms with Gasteiger partial charge in [0, 0.05) is 32.0 Å². The summed E-state index contributed by atoms with van der Waals surface area (Å²) in [5, 5.41) is 3.91. The third kappa shape index (κ3) is 3.29. The second-order valence-corrected chi connectivity index (χ2v) is 5.54. The lowest BCUT2D eigenvalue weighted by molar-refractivity contribution is 0.0786. The summed E-state index contributed by atoms with van der Waals surface area (Å²) in [6, 6.07) is 9.48. The molecule has 110 valence electrons. The molecule has 1 aliphatic heterocycles. The molecule has 0 aliphatic carbocycles. The van der Waals surface area contributed by atoms with E-state index in [1.54, 1.807) is 6.92 Å². The molecule has 2 heterocycles. The fourth-order valence-electron chi connectivity index (χ4n) is 2.79. The quantitative estimate of drug-likeness (QED) is 0.866. The van der Waals surface area contributed by atoms with Crippen LogP contribution in [0, 0.1) is 12.8 Å². The molecule has 2 aromatic rings. The molecule has 0 N–H and O–H groups in total. The first-order valence-electron chi connectivity index (χ1n) is 7.36. The zero-order valence-corrected chi connectivity index (χ0v) is 12.2. The summed E-state index contributed by atoms with van der Waals surface area (Å²) in [7, 11) is 0. The van der Waals surface area contributed by atoms with Crippen LogP contribution in [0.1, 0.15) is 34.9 Å². The molecule has 5 nitrogen and oxygen atoms in total. The number of aryl methyl sites for hydroxylation is 2. The minimum atomic E-state index is 0.133. The highest BCUT2D eigenvalue weighted by molar-refractivity contribution is 5.94. The van der Waals surface area contributed by atoms with Crippen LogP contribution in [0.5, 0.6) is 0 Å². The number of rotatable bonds is 4. The van der Waals surface area contributed by atoms with Crippen LogP contribution >= 0.6 is 0 Å². The van der Waals surface area contributed by atoms with E-state index in [0.29, 0.717) is 11.8 Å². The Labute approximate surface area is 124 Å². The second kappa shape index (κ2) is 6.08. The summed E-state index contributed by atoms with van der Waals surface area (Å²) in [5.41, 5.74) is 0.770. The Balaban J connectivity index is 1.52. The SMILES string of the molecule is Cc1nc(CC[C@H]2CCN(C(=O)c3ccccc3)C2)no1. The number of benzene rings is 1. The van der Waals surface area contributed by atoms with E-state index in [2.05, 4.69) is 10.1 Å². The van der Waals surface area contributed by atoms with Crippen molar-refractivity contribution in [3.8, 4) is 0 Å². The van der Waals surface area contributed by atoms with Crippen LogP contribution in [-0.4, -0.2) is 34.0 Å². The molecule has 0 unspecified atom stereocenters. The van der Waals surface area contributed by atoms with Crippen LogP contribution in [0.25, 0.3) is 0 Å². The van der Waals surface area contributed by atoms with Crippen molar-refractivity contribution in [1.29, 1.82) is 0 Å². The third-order valence-corrected chi connectivity index (χ3v) is 3.94. The molecular weight excluding hydrogens is 266 g/mol. The molecule has 0 bridgehead atoms. The van der Waals surface area contributed by atoms with Gasteiger partial charge in [0.1, 0.15) is 0 Å². The van der Waals surface area contributed by atoms with Crippen LogP contribution in [-0.2, 0) is 6.42 Å². The molecule has 0 radical (unpaired) electrons. The highest BCUT2D eigenvalue weighted by atomic mass is 16.5. The molecule has 1 saturated heterocycles. The van der Waals surface area contributed by atoms with Gasteiger partial charge in [-0.15, -0.1) is 0 Å². The molecule has 1 aromatic heterocycles. The van der Waals surface area contributed by atoms with Crippen molar-refractivity contribution in [2.45, 2.75) is 26.2 Å². The fraction of sp³-hybridized carbons (Fsp3) is 0.438. The molecule has 0 saturated carbocycles. The predicted molar refractivity (Wildman–Crippen MR) is 77.8 cm³/mol. The van der Waals surface area contributed by atoms with Gasteiger partial charge in [-0.05, 0) is 30.9 Å². The van der Waals surface area contributed by atoms with Gasteiger partial charge in [-0.1, -0.05) is 23.4 Å². The van der Waals surface area contributed by atoms with E-state index in [4.69, 9.17) is 4.52 Å². The molecule has 5 heteroatoms. The number of carbonyl (C=O) groups excluding carboxylic acids is 1. The summed E-state index contributed by atoms with van der Waals surface area (Å²) >= 11 is 0. The van der Waals surface area contributed by atoms with Gasteiger partial charge in [-0.2, -0.15) is 4.98 Å². The van der Waals surface area contributed by atoms with Gasteiger partial charge in [0.15, 0.2) is 5.82 Å². The maximum Gasteiger partial charge on any atom is 0.253 e. The molecule has 21 heavy (non-hydrogen) atoms. The average molecular weight is 285 g/mol. The summed E-state index contributed by atoms with van der Waals surface area (Å²) in [4.78, 5) is 18.5. The lowest BCUT2D eigenvalue weighted by atomic mass is 10.0. The Morgan fingerprint density at radius 2 is 2.19 bits per heavy atom. The zero-order valence-electron chi connectivity index (χ0n) is 12.2. The zero-order chi connectivity index (χ0) is 14.7. The lowest BCUT2D eigenvalue weighted by Crippen LogP contribution is -2.28. The monoisotopic (exact) mass is 285 g/mol. The van der Waals surface area contributed by atoms with E-state index < -0.39 is 0 Å². The standard InChI is InChI=1S/C16H19N3O2/c1-12-17-15(18-21-12)8-7-13-9-10-19(11-13)16(20)14-5-3-2-4-6-14/h2-6,13H,7-11H2,1H3/t13-/m0/s1. The van der Waals surface area contributed by atoms with Crippen molar-refractivity contribution in [3.63, 3.8) is 0 Å². The first kappa shape index (κ1) is 13.8. The maximum atomic E-state index is 12.4. The summed E-state index contributed by atoms with van der Waals surface area (Å²) < 4.78 is 4.97. The molecule has 1 atom stereocenters. The van der Waals surface area contributed by atoms with E-state index in [-0.39, 0.29) is 5.91 Å². The Kier molecular flexibility index (Phi) is 3.99. The van der Waals surface area contributed by atoms with Crippen LogP contribution in [0.15, 0.2) is 34.9 Å². The minimum absolute atomic E-state index is 0.133. The number of likely N-dealkylation sites (tertiary alicyclic amines) is 1. The largest absolute Gasteiger partial charge is 0.340 e. The first-order valence-corrected chi connectivity index (χ1v) is 7.36. The Bertz CT molecular complexity index is 609. The Hall–Kier alpha value is -2.17. The van der Waals surface area contributed by atoms with Gasteiger partial charge in [-0.3, -0.25) is 4.79 Å².